The largest absolute Gasteiger partial charge is 0.227 e. The van der Waals surface area contributed by atoms with E-state index in [1.54, 1.807) is 16.4 Å². The molecule has 1 heterocycles. The first-order valence-corrected chi connectivity index (χ1v) is 22.7. The van der Waals surface area contributed by atoms with Crippen molar-refractivity contribution in [3.05, 3.63) is 177 Å². The summed E-state index contributed by atoms with van der Waals surface area (Å²) in [6.45, 7) is 21.2. The molecule has 0 aliphatic carbocycles. The summed E-state index contributed by atoms with van der Waals surface area (Å²) in [7, 11) is -2.22. The molecule has 0 nitrogen and oxygen atoms in total. The van der Waals surface area contributed by atoms with Crippen LogP contribution in [0.15, 0.2) is 127 Å². The first-order valence-electron chi connectivity index (χ1n) is 18.3. The van der Waals surface area contributed by atoms with Crippen LogP contribution < -0.4 is 32.3 Å². The predicted molar refractivity (Wildman–Crippen MR) is 237 cm³/mol. The van der Waals surface area contributed by atoms with Crippen LogP contribution in [0.5, 0.6) is 0 Å². The lowest BCUT2D eigenvalue weighted by molar-refractivity contribution is 1.35. The van der Waals surface area contributed by atoms with Crippen LogP contribution in [-0.2, 0) is 0 Å². The molecule has 0 saturated carbocycles. The quantitative estimate of drug-likeness (QED) is 0.119. The van der Waals surface area contributed by atoms with Crippen molar-refractivity contribution in [2.75, 3.05) is 0 Å². The molecular weight excluding hydrogens is 666 g/mol. The van der Waals surface area contributed by atoms with Gasteiger partial charge in [-0.25, -0.2) is 0 Å². The van der Waals surface area contributed by atoms with Crippen LogP contribution in [0.3, 0.4) is 0 Å². The number of benzene rings is 6. The zero-order valence-electron chi connectivity index (χ0n) is 31.7. The molecule has 0 atom stereocenters. The fourth-order valence-corrected chi connectivity index (χ4v) is 26.2. The Bertz CT molecular complexity index is 1860. The van der Waals surface area contributed by atoms with Crippen molar-refractivity contribution in [2.24, 2.45) is 0 Å². The molecule has 252 valence electrons. The van der Waals surface area contributed by atoms with Crippen molar-refractivity contribution in [1.82, 2.24) is 0 Å². The summed E-state index contributed by atoms with van der Waals surface area (Å²) in [4.78, 5) is 0. The lowest BCUT2D eigenvalue weighted by atomic mass is 9.79. The molecule has 0 spiro atoms. The highest BCUT2D eigenvalue weighted by Gasteiger charge is 2.59. The monoisotopic (exact) mass is 714 g/mol. The van der Waals surface area contributed by atoms with E-state index in [-0.39, 0.29) is 0 Å². The van der Waals surface area contributed by atoms with Gasteiger partial charge in [0, 0.05) is 0 Å². The molecule has 1 saturated heterocycles. The lowest BCUT2D eigenvalue weighted by Gasteiger charge is -2.52. The summed E-state index contributed by atoms with van der Waals surface area (Å²) < 4.78 is 0. The smallest absolute Gasteiger partial charge is 0.121 e. The van der Waals surface area contributed by atoms with Crippen LogP contribution in [0.1, 0.15) is 50.1 Å². The van der Waals surface area contributed by atoms with E-state index in [0.717, 1.165) is 0 Å². The normalized spacial score (nSPS) is 17.6. The highest BCUT2D eigenvalue weighted by molar-refractivity contribution is 8.66. The van der Waals surface area contributed by atoms with Gasteiger partial charge in [-0.1, -0.05) is 194 Å². The molecule has 7 rings (SSSR count). The molecule has 0 unspecified atom stereocenters. The summed E-state index contributed by atoms with van der Waals surface area (Å²) in [5.74, 6) is 0. The Hall–Kier alpha value is -3.20. The Balaban J connectivity index is 1.71. The highest BCUT2D eigenvalue weighted by Crippen LogP contribution is 2.73. The van der Waals surface area contributed by atoms with Gasteiger partial charge in [-0.05, 0) is 78.2 Å². The van der Waals surface area contributed by atoms with E-state index < -0.39 is 23.0 Å². The average Bonchev–Trinajstić information content (AvgIpc) is 3.08. The van der Waals surface area contributed by atoms with E-state index in [9.17, 15) is 0 Å². The van der Waals surface area contributed by atoms with Gasteiger partial charge in [-0.3, -0.25) is 0 Å². The summed E-state index contributed by atoms with van der Waals surface area (Å²) >= 11 is 0. The second-order valence-corrected chi connectivity index (χ2v) is 23.1. The lowest BCUT2D eigenvalue weighted by Crippen LogP contribution is -2.57. The summed E-state index contributed by atoms with van der Waals surface area (Å²) in [5, 5.41) is 4.59. The Labute approximate surface area is 312 Å². The average molecular weight is 714 g/mol. The molecule has 1 fully saturated rings. The van der Waals surface area contributed by atoms with Crippen molar-refractivity contribution in [2.45, 2.75) is 62.3 Å². The topological polar surface area (TPSA) is 0 Å². The van der Waals surface area contributed by atoms with Gasteiger partial charge >= 0.3 is 0 Å². The van der Waals surface area contributed by atoms with Gasteiger partial charge in [0.1, 0.15) is 0 Å². The Kier molecular flexibility index (Phi) is 10.7. The van der Waals surface area contributed by atoms with Crippen LogP contribution in [0.2, 0.25) is 0 Å². The first-order chi connectivity index (χ1) is 24.5. The standard InChI is InChI=1S/C45H48B3P3/c1-31-25-34(4)43(35(5)26-31)46-49(40-19-13-10-14-20-40)47(44-36(6)27-32(2)28-37(44)7)51(42-23-17-12-18-24-42)48(50(46)41-21-15-11-16-22-41)45-38(8)29-33(3)30-39(45)9/h10-30H,1-9H3. The van der Waals surface area contributed by atoms with Crippen molar-refractivity contribution in [3.8, 4) is 0 Å². The van der Waals surface area contributed by atoms with Crippen LogP contribution in [0.4, 0.5) is 0 Å². The maximum absolute atomic E-state index is 2.48. The van der Waals surface area contributed by atoms with Crippen molar-refractivity contribution < 1.29 is 0 Å². The molecule has 6 aromatic carbocycles. The molecule has 1 aliphatic heterocycles. The molecule has 51 heavy (non-hydrogen) atoms. The molecule has 6 heteroatoms. The van der Waals surface area contributed by atoms with E-state index in [4.69, 9.17) is 0 Å². The number of aryl methyl sites for hydroxylation is 9. The second kappa shape index (κ2) is 15.0. The predicted octanol–water partition coefficient (Wildman–Crippen LogP) is 9.38. The first kappa shape index (κ1) is 36.2. The van der Waals surface area contributed by atoms with Crippen molar-refractivity contribution in [3.63, 3.8) is 0 Å². The summed E-state index contributed by atoms with van der Waals surface area (Å²) in [6.07, 6.45) is 1.12. The van der Waals surface area contributed by atoms with E-state index in [0.29, 0.717) is 18.5 Å². The summed E-state index contributed by atoms with van der Waals surface area (Å²) in [6, 6.07) is 50.0. The minimum atomic E-state index is -0.741. The molecule has 0 bridgehead atoms. The SMILES string of the molecule is Cc1cc(C)c(B2P(c3ccccc3)B(c3c(C)cc(C)cc3C)P(c3ccccc3)B(c3c(C)cc(C)cc3C)P2c2ccccc2)c(C)c1. The van der Waals surface area contributed by atoms with Crippen LogP contribution in [-0.4, -0.2) is 18.5 Å². The Morgan fingerprint density at radius 3 is 0.686 bits per heavy atom. The van der Waals surface area contributed by atoms with Crippen LogP contribution in [0.25, 0.3) is 0 Å². The van der Waals surface area contributed by atoms with Crippen LogP contribution >= 0.6 is 23.0 Å². The van der Waals surface area contributed by atoms with Gasteiger partial charge in [0.15, 0.2) is 0 Å². The van der Waals surface area contributed by atoms with Gasteiger partial charge in [0.25, 0.3) is 0 Å². The fraction of sp³-hybridized carbons (Fsp3) is 0.200. The molecule has 0 radical (unpaired) electrons. The maximum atomic E-state index is 2.48. The molecule has 0 aromatic heterocycles. The third-order valence-corrected chi connectivity index (χ3v) is 22.6. The zero-order valence-corrected chi connectivity index (χ0v) is 34.4. The van der Waals surface area contributed by atoms with Gasteiger partial charge < -0.3 is 0 Å². The summed E-state index contributed by atoms with van der Waals surface area (Å²) in [5.41, 5.74) is 17.5. The van der Waals surface area contributed by atoms with Gasteiger partial charge in [-0.2, -0.15) is 0 Å². The minimum Gasteiger partial charge on any atom is -0.121 e. The number of rotatable bonds is 6. The van der Waals surface area contributed by atoms with Gasteiger partial charge in [-0.15, -0.1) is 23.0 Å². The molecule has 1 aliphatic rings. The van der Waals surface area contributed by atoms with Crippen molar-refractivity contribution >= 4 is 73.8 Å². The molecule has 0 amide bonds. The van der Waals surface area contributed by atoms with E-state index in [1.807, 2.05) is 0 Å². The Morgan fingerprint density at radius 2 is 0.490 bits per heavy atom. The minimum absolute atomic E-state index is 0.373. The third-order valence-electron chi connectivity index (χ3n) is 10.7. The van der Waals surface area contributed by atoms with Gasteiger partial charge in [0.2, 0.25) is 18.5 Å². The third kappa shape index (κ3) is 6.89. The molecule has 0 N–H and O–H groups in total. The number of hydrogen-bond acceptors (Lipinski definition) is 0. The zero-order chi connectivity index (χ0) is 36.0. The number of hydrogen-bond donors (Lipinski definition) is 0. The highest BCUT2D eigenvalue weighted by atomic mass is 31.2. The van der Waals surface area contributed by atoms with E-state index >= 15 is 0 Å². The molecular formula is C45H48B3P3. The van der Waals surface area contributed by atoms with Crippen LogP contribution in [0, 0.1) is 62.3 Å². The van der Waals surface area contributed by atoms with Crippen molar-refractivity contribution in [1.29, 1.82) is 0 Å². The van der Waals surface area contributed by atoms with E-state index in [2.05, 4.69) is 190 Å². The molecule has 6 aromatic rings. The van der Waals surface area contributed by atoms with E-state index in [1.165, 1.54) is 66.0 Å². The van der Waals surface area contributed by atoms with Gasteiger partial charge in [0.05, 0.1) is 0 Å². The Morgan fingerprint density at radius 1 is 0.294 bits per heavy atom. The maximum Gasteiger partial charge on any atom is 0.227 e. The fourth-order valence-electron chi connectivity index (χ4n) is 9.08. The second-order valence-electron chi connectivity index (χ2n) is 14.8.